The zero-order valence-electron chi connectivity index (χ0n) is 13.8. The van der Waals surface area contributed by atoms with Gasteiger partial charge in [-0.05, 0) is 43.5 Å². The van der Waals surface area contributed by atoms with Crippen molar-refractivity contribution in [3.63, 3.8) is 0 Å². The molecule has 0 aromatic carbocycles. The molecule has 0 bridgehead atoms. The van der Waals surface area contributed by atoms with E-state index in [4.69, 9.17) is 15.9 Å². The summed E-state index contributed by atoms with van der Waals surface area (Å²) in [6, 6.07) is 3.92. The molecule has 124 valence electrons. The SMILES string of the molecule is NCC#CC1=CC=C(c2ccco2)CN1CCCCCCCN. The van der Waals surface area contributed by atoms with Gasteiger partial charge in [0.25, 0.3) is 0 Å². The summed E-state index contributed by atoms with van der Waals surface area (Å²) in [6.45, 7) is 3.02. The quantitative estimate of drug-likeness (QED) is 0.572. The summed E-state index contributed by atoms with van der Waals surface area (Å²) in [6.07, 6.45) is 11.9. The van der Waals surface area contributed by atoms with E-state index < -0.39 is 0 Å². The molecule has 0 spiro atoms. The van der Waals surface area contributed by atoms with Crippen molar-refractivity contribution in [2.45, 2.75) is 32.1 Å². The topological polar surface area (TPSA) is 68.4 Å². The molecule has 0 radical (unpaired) electrons. The van der Waals surface area contributed by atoms with Crippen molar-refractivity contribution >= 4 is 5.57 Å². The van der Waals surface area contributed by atoms with E-state index >= 15 is 0 Å². The van der Waals surface area contributed by atoms with E-state index in [1.807, 2.05) is 12.1 Å². The van der Waals surface area contributed by atoms with Crippen LogP contribution in [0.4, 0.5) is 0 Å². The molecule has 4 nitrogen and oxygen atoms in total. The number of furan rings is 1. The van der Waals surface area contributed by atoms with Gasteiger partial charge in [0.2, 0.25) is 0 Å². The molecule has 1 aromatic heterocycles. The lowest BCUT2D eigenvalue weighted by molar-refractivity contribution is 0.376. The lowest BCUT2D eigenvalue weighted by atomic mass is 10.1. The minimum Gasteiger partial charge on any atom is -0.465 e. The number of unbranched alkanes of at least 4 members (excludes halogenated alkanes) is 4. The first-order valence-corrected chi connectivity index (χ1v) is 8.44. The number of nitrogens with two attached hydrogens (primary N) is 2. The normalized spacial score (nSPS) is 14.1. The van der Waals surface area contributed by atoms with Gasteiger partial charge in [-0.25, -0.2) is 0 Å². The number of hydrogen-bond acceptors (Lipinski definition) is 4. The summed E-state index contributed by atoms with van der Waals surface area (Å²) in [5.74, 6) is 7.07. The molecular formula is C19H27N3O. The fraction of sp³-hybridized carbons (Fsp3) is 0.474. The second-order valence-electron chi connectivity index (χ2n) is 5.71. The maximum Gasteiger partial charge on any atom is 0.131 e. The number of rotatable bonds is 8. The van der Waals surface area contributed by atoms with Gasteiger partial charge in [-0.1, -0.05) is 31.3 Å². The van der Waals surface area contributed by atoms with Crippen LogP contribution in [0.5, 0.6) is 0 Å². The van der Waals surface area contributed by atoms with Gasteiger partial charge in [-0.3, -0.25) is 0 Å². The Morgan fingerprint density at radius 3 is 2.65 bits per heavy atom. The third kappa shape index (κ3) is 5.63. The number of hydrogen-bond donors (Lipinski definition) is 2. The van der Waals surface area contributed by atoms with Crippen LogP contribution in [0.15, 0.2) is 40.7 Å². The molecule has 1 aliphatic rings. The fourth-order valence-corrected chi connectivity index (χ4v) is 2.69. The third-order valence-electron chi connectivity index (χ3n) is 3.93. The summed E-state index contributed by atoms with van der Waals surface area (Å²) in [5, 5.41) is 0. The summed E-state index contributed by atoms with van der Waals surface area (Å²) >= 11 is 0. The van der Waals surface area contributed by atoms with Gasteiger partial charge in [0, 0.05) is 18.7 Å². The highest BCUT2D eigenvalue weighted by atomic mass is 16.3. The largest absolute Gasteiger partial charge is 0.465 e. The molecule has 0 saturated heterocycles. The van der Waals surface area contributed by atoms with Crippen LogP contribution in [0.2, 0.25) is 0 Å². The second-order valence-corrected chi connectivity index (χ2v) is 5.71. The molecule has 2 rings (SSSR count). The Kier molecular flexibility index (Phi) is 7.51. The van der Waals surface area contributed by atoms with E-state index in [0.717, 1.165) is 43.9 Å². The van der Waals surface area contributed by atoms with E-state index in [2.05, 4.69) is 28.9 Å². The van der Waals surface area contributed by atoms with Gasteiger partial charge in [-0.15, -0.1) is 0 Å². The molecule has 0 atom stereocenters. The van der Waals surface area contributed by atoms with Crippen molar-refractivity contribution in [2.24, 2.45) is 11.5 Å². The molecule has 1 aliphatic heterocycles. The van der Waals surface area contributed by atoms with Crippen LogP contribution in [0.25, 0.3) is 5.57 Å². The number of nitrogens with zero attached hydrogens (tertiary/aromatic N) is 1. The molecule has 4 heteroatoms. The third-order valence-corrected chi connectivity index (χ3v) is 3.93. The zero-order chi connectivity index (χ0) is 16.3. The minimum absolute atomic E-state index is 0.388. The molecular weight excluding hydrogens is 286 g/mol. The molecule has 0 saturated carbocycles. The average molecular weight is 313 g/mol. The highest BCUT2D eigenvalue weighted by Gasteiger charge is 2.16. The summed E-state index contributed by atoms with van der Waals surface area (Å²) < 4.78 is 5.52. The van der Waals surface area contributed by atoms with Gasteiger partial charge in [-0.2, -0.15) is 0 Å². The smallest absolute Gasteiger partial charge is 0.131 e. The maximum atomic E-state index is 5.53. The van der Waals surface area contributed by atoms with E-state index in [1.165, 1.54) is 24.8 Å². The molecule has 1 aromatic rings. The molecule has 0 fully saturated rings. The lowest BCUT2D eigenvalue weighted by Crippen LogP contribution is -2.27. The highest BCUT2D eigenvalue weighted by molar-refractivity contribution is 5.67. The Morgan fingerprint density at radius 1 is 1.09 bits per heavy atom. The molecule has 0 unspecified atom stereocenters. The predicted molar refractivity (Wildman–Crippen MR) is 95.3 cm³/mol. The Hall–Kier alpha value is -1.96. The highest BCUT2D eigenvalue weighted by Crippen LogP contribution is 2.23. The van der Waals surface area contributed by atoms with E-state index in [-0.39, 0.29) is 0 Å². The molecule has 4 N–H and O–H groups in total. The van der Waals surface area contributed by atoms with E-state index in [1.54, 1.807) is 6.26 Å². The van der Waals surface area contributed by atoms with Gasteiger partial charge in [0.1, 0.15) is 5.76 Å². The Morgan fingerprint density at radius 2 is 1.91 bits per heavy atom. The molecule has 23 heavy (non-hydrogen) atoms. The van der Waals surface area contributed by atoms with Gasteiger partial charge in [0.15, 0.2) is 0 Å². The van der Waals surface area contributed by atoms with Crippen molar-refractivity contribution in [2.75, 3.05) is 26.2 Å². The van der Waals surface area contributed by atoms with Crippen molar-refractivity contribution in [1.82, 2.24) is 4.90 Å². The van der Waals surface area contributed by atoms with Gasteiger partial charge >= 0.3 is 0 Å². The second kappa shape index (κ2) is 9.94. The fourth-order valence-electron chi connectivity index (χ4n) is 2.69. The first-order chi connectivity index (χ1) is 11.3. The van der Waals surface area contributed by atoms with Crippen molar-refractivity contribution < 1.29 is 4.42 Å². The maximum absolute atomic E-state index is 5.53. The van der Waals surface area contributed by atoms with E-state index in [9.17, 15) is 0 Å². The van der Waals surface area contributed by atoms with Gasteiger partial charge < -0.3 is 20.8 Å². The van der Waals surface area contributed by atoms with Crippen LogP contribution in [-0.2, 0) is 0 Å². The molecule has 0 aliphatic carbocycles. The van der Waals surface area contributed by atoms with Crippen LogP contribution in [-0.4, -0.2) is 31.1 Å². The zero-order valence-corrected chi connectivity index (χ0v) is 13.8. The Balaban J connectivity index is 1.93. The van der Waals surface area contributed by atoms with E-state index in [0.29, 0.717) is 6.54 Å². The minimum atomic E-state index is 0.388. The van der Waals surface area contributed by atoms with Crippen LogP contribution in [0.1, 0.15) is 37.9 Å². The first-order valence-electron chi connectivity index (χ1n) is 8.44. The molecule has 0 amide bonds. The van der Waals surface area contributed by atoms with Crippen molar-refractivity contribution in [1.29, 1.82) is 0 Å². The van der Waals surface area contributed by atoms with Crippen molar-refractivity contribution in [3.8, 4) is 11.8 Å². The number of allylic oxidation sites excluding steroid dienone is 3. The average Bonchev–Trinajstić information content (AvgIpc) is 3.11. The van der Waals surface area contributed by atoms with Crippen molar-refractivity contribution in [3.05, 3.63) is 42.0 Å². The Bertz CT molecular complexity index is 576. The lowest BCUT2D eigenvalue weighted by Gasteiger charge is -2.28. The van der Waals surface area contributed by atoms with Crippen LogP contribution >= 0.6 is 0 Å². The van der Waals surface area contributed by atoms with Crippen LogP contribution < -0.4 is 11.5 Å². The van der Waals surface area contributed by atoms with Crippen LogP contribution in [0.3, 0.4) is 0 Å². The summed E-state index contributed by atoms with van der Waals surface area (Å²) in [7, 11) is 0. The standard InChI is InChI=1S/C19H27N3O/c20-12-4-2-1-3-5-14-22-16-17(19-9-7-15-23-19)10-11-18(22)8-6-13-21/h7,9-11,15H,1-5,12-14,16,20-21H2. The monoisotopic (exact) mass is 313 g/mol. The predicted octanol–water partition coefficient (Wildman–Crippen LogP) is 2.73. The summed E-state index contributed by atoms with van der Waals surface area (Å²) in [4.78, 5) is 2.32. The molecule has 2 heterocycles. The summed E-state index contributed by atoms with van der Waals surface area (Å²) in [5.41, 5.74) is 13.3. The van der Waals surface area contributed by atoms with Gasteiger partial charge in [0.05, 0.1) is 18.5 Å². The Labute approximate surface area is 139 Å². The van der Waals surface area contributed by atoms with Crippen LogP contribution in [0, 0.1) is 11.8 Å². The first kappa shape index (κ1) is 17.4.